The monoisotopic (exact) mass is 368 g/mol. The van der Waals surface area contributed by atoms with Gasteiger partial charge in [-0.25, -0.2) is 0 Å². The first-order chi connectivity index (χ1) is 12.2. The van der Waals surface area contributed by atoms with E-state index in [1.54, 1.807) is 43.0 Å². The van der Waals surface area contributed by atoms with Gasteiger partial charge < -0.3 is 4.74 Å². The quantitative estimate of drug-likeness (QED) is 0.239. The van der Waals surface area contributed by atoms with E-state index in [2.05, 4.69) is 4.99 Å². The lowest BCUT2D eigenvalue weighted by molar-refractivity contribution is 0.104. The number of nitriles is 1. The average Bonchev–Trinajstić information content (AvgIpc) is 2.67. The molecule has 0 amide bonds. The number of ether oxygens (including phenoxy) is 1. The van der Waals surface area contributed by atoms with Gasteiger partial charge in [-0.15, -0.1) is 0 Å². The number of carbonyl (C=O) groups excluding carboxylic acids is 1. The molecule has 0 spiro atoms. The summed E-state index contributed by atoms with van der Waals surface area (Å²) in [6.07, 6.45) is 3.27. The first-order valence-electron chi connectivity index (χ1n) is 7.38. The van der Waals surface area contributed by atoms with Crippen molar-refractivity contribution in [2.45, 2.75) is 5.75 Å². The smallest absolute Gasteiger partial charge is 0.207 e. The number of hydrogen-bond donors (Lipinski definition) is 0. The zero-order valence-corrected chi connectivity index (χ0v) is 15.2. The highest BCUT2D eigenvalue weighted by Gasteiger charge is 2.04. The largest absolute Gasteiger partial charge is 0.497 e. The second kappa shape index (κ2) is 10.4. The van der Waals surface area contributed by atoms with Crippen LogP contribution in [0.5, 0.6) is 5.75 Å². The van der Waals surface area contributed by atoms with Gasteiger partial charge in [0.2, 0.25) is 6.19 Å². The van der Waals surface area contributed by atoms with Gasteiger partial charge in [0.05, 0.1) is 7.11 Å². The predicted octanol–water partition coefficient (Wildman–Crippen LogP) is 4.90. The van der Waals surface area contributed by atoms with E-state index < -0.39 is 0 Å². The van der Waals surface area contributed by atoms with Crippen molar-refractivity contribution in [3.8, 4) is 11.9 Å². The molecule has 2 aromatic rings. The van der Waals surface area contributed by atoms with Crippen LogP contribution in [0, 0.1) is 11.5 Å². The lowest BCUT2D eigenvalue weighted by atomic mass is 10.1. The summed E-state index contributed by atoms with van der Waals surface area (Å²) in [4.78, 5) is 15.9. The van der Waals surface area contributed by atoms with E-state index in [1.165, 1.54) is 29.6 Å². The van der Waals surface area contributed by atoms with Crippen LogP contribution < -0.4 is 4.74 Å². The standard InChI is InChI=1S/C19H16N2O2S2/c1-23-17-9-7-16(8-10-17)18(22)11-12-24-19(21-14-20)25-13-15-5-3-2-4-6-15/h2-12H,13H2,1H3. The summed E-state index contributed by atoms with van der Waals surface area (Å²) in [5.41, 5.74) is 1.73. The van der Waals surface area contributed by atoms with E-state index in [0.717, 1.165) is 5.56 Å². The first kappa shape index (κ1) is 18.8. The van der Waals surface area contributed by atoms with E-state index in [4.69, 9.17) is 10.00 Å². The number of benzene rings is 2. The Morgan fingerprint density at radius 1 is 1.20 bits per heavy atom. The average molecular weight is 368 g/mol. The molecule has 0 unspecified atom stereocenters. The highest BCUT2D eigenvalue weighted by Crippen LogP contribution is 2.23. The van der Waals surface area contributed by atoms with E-state index >= 15 is 0 Å². The van der Waals surface area contributed by atoms with Crippen LogP contribution in [0.15, 0.2) is 71.1 Å². The van der Waals surface area contributed by atoms with E-state index in [0.29, 0.717) is 21.4 Å². The molecular formula is C19H16N2O2S2. The molecule has 0 aliphatic heterocycles. The predicted molar refractivity (Wildman–Crippen MR) is 105 cm³/mol. The van der Waals surface area contributed by atoms with E-state index in [9.17, 15) is 4.79 Å². The molecule has 0 aliphatic carbocycles. The third-order valence-electron chi connectivity index (χ3n) is 3.11. The summed E-state index contributed by atoms with van der Waals surface area (Å²) >= 11 is 2.72. The number of aliphatic imine (C=N–C) groups is 1. The molecule has 0 saturated heterocycles. The molecule has 0 heterocycles. The second-order valence-electron chi connectivity index (χ2n) is 4.77. The number of thioether (sulfide) groups is 2. The Bertz CT molecular complexity index is 794. The number of hydrogen-bond acceptors (Lipinski definition) is 6. The zero-order valence-electron chi connectivity index (χ0n) is 13.6. The molecule has 6 heteroatoms. The fraction of sp³-hybridized carbons (Fsp3) is 0.105. The molecule has 0 aliphatic rings. The van der Waals surface area contributed by atoms with Gasteiger partial charge in [-0.05, 0) is 41.3 Å². The number of carbonyl (C=O) groups is 1. The lowest BCUT2D eigenvalue weighted by Gasteiger charge is -2.02. The minimum atomic E-state index is -0.112. The van der Waals surface area contributed by atoms with Gasteiger partial charge in [0.1, 0.15) is 10.1 Å². The maximum atomic E-state index is 12.1. The van der Waals surface area contributed by atoms with Gasteiger partial charge in [-0.3, -0.25) is 4.79 Å². The molecule has 0 N–H and O–H groups in total. The summed E-state index contributed by atoms with van der Waals surface area (Å²) in [5, 5.41) is 10.5. The number of allylic oxidation sites excluding steroid dienone is 1. The van der Waals surface area contributed by atoms with Crippen LogP contribution in [0.3, 0.4) is 0 Å². The fourth-order valence-corrected chi connectivity index (χ4v) is 3.46. The van der Waals surface area contributed by atoms with Crippen LogP contribution in [-0.2, 0) is 5.75 Å². The summed E-state index contributed by atoms with van der Waals surface area (Å²) in [6.45, 7) is 0. The molecule has 25 heavy (non-hydrogen) atoms. The van der Waals surface area contributed by atoms with Crippen LogP contribution in [0.2, 0.25) is 0 Å². The number of ketones is 1. The van der Waals surface area contributed by atoms with Crippen molar-refractivity contribution < 1.29 is 9.53 Å². The summed E-state index contributed by atoms with van der Waals surface area (Å²) in [6, 6.07) is 16.8. The molecule has 0 saturated carbocycles. The van der Waals surface area contributed by atoms with Crippen molar-refractivity contribution in [2.75, 3.05) is 7.11 Å². The van der Waals surface area contributed by atoms with E-state index in [-0.39, 0.29) is 5.78 Å². The Labute approximate surface area is 155 Å². The lowest BCUT2D eigenvalue weighted by Crippen LogP contribution is -1.94. The molecule has 0 radical (unpaired) electrons. The summed E-state index contributed by atoms with van der Waals surface area (Å²) in [5.74, 6) is 1.31. The highest BCUT2D eigenvalue weighted by molar-refractivity contribution is 8.39. The highest BCUT2D eigenvalue weighted by atomic mass is 32.2. The van der Waals surface area contributed by atoms with E-state index in [1.807, 2.05) is 30.3 Å². The van der Waals surface area contributed by atoms with Crippen molar-refractivity contribution in [3.63, 3.8) is 0 Å². The Balaban J connectivity index is 1.91. The molecule has 126 valence electrons. The van der Waals surface area contributed by atoms with Crippen LogP contribution in [-0.4, -0.2) is 17.3 Å². The molecule has 2 aromatic carbocycles. The molecule has 0 atom stereocenters. The Morgan fingerprint density at radius 3 is 2.56 bits per heavy atom. The van der Waals surface area contributed by atoms with Gasteiger partial charge in [-0.1, -0.05) is 53.9 Å². The Kier molecular flexibility index (Phi) is 7.83. The first-order valence-corrected chi connectivity index (χ1v) is 9.24. The van der Waals surface area contributed by atoms with Gasteiger partial charge in [0.25, 0.3) is 0 Å². The van der Waals surface area contributed by atoms with Crippen LogP contribution in [0.4, 0.5) is 0 Å². The third-order valence-corrected chi connectivity index (χ3v) is 5.13. The van der Waals surface area contributed by atoms with Gasteiger partial charge >= 0.3 is 0 Å². The maximum Gasteiger partial charge on any atom is 0.207 e. The van der Waals surface area contributed by atoms with Crippen LogP contribution in [0.1, 0.15) is 15.9 Å². The molecule has 0 aromatic heterocycles. The van der Waals surface area contributed by atoms with Crippen LogP contribution in [0.25, 0.3) is 0 Å². The van der Waals surface area contributed by atoms with Crippen molar-refractivity contribution in [1.29, 1.82) is 5.26 Å². The van der Waals surface area contributed by atoms with Gasteiger partial charge in [-0.2, -0.15) is 10.3 Å². The molecular weight excluding hydrogens is 352 g/mol. The van der Waals surface area contributed by atoms with Crippen LogP contribution >= 0.6 is 23.5 Å². The summed E-state index contributed by atoms with van der Waals surface area (Å²) < 4.78 is 5.67. The fourth-order valence-electron chi connectivity index (χ4n) is 1.86. The number of rotatable bonds is 6. The minimum absolute atomic E-state index is 0.112. The molecule has 0 bridgehead atoms. The Hall–Kier alpha value is -2.49. The molecule has 4 nitrogen and oxygen atoms in total. The minimum Gasteiger partial charge on any atom is -0.497 e. The molecule has 0 fully saturated rings. The van der Waals surface area contributed by atoms with Crippen molar-refractivity contribution >= 4 is 33.7 Å². The number of methoxy groups -OCH3 is 1. The SMILES string of the molecule is COc1ccc(C(=O)C=CSC(=NC#N)SCc2ccccc2)cc1. The van der Waals surface area contributed by atoms with Crippen molar-refractivity contribution in [1.82, 2.24) is 0 Å². The zero-order chi connectivity index (χ0) is 17.9. The number of nitrogens with zero attached hydrogens (tertiary/aromatic N) is 2. The topological polar surface area (TPSA) is 62.4 Å². The van der Waals surface area contributed by atoms with Gasteiger partial charge in [0.15, 0.2) is 5.78 Å². The van der Waals surface area contributed by atoms with Gasteiger partial charge in [0, 0.05) is 11.3 Å². The maximum absolute atomic E-state index is 12.1. The van der Waals surface area contributed by atoms with Crippen molar-refractivity contribution in [2.24, 2.45) is 4.99 Å². The molecule has 2 rings (SSSR count). The summed E-state index contributed by atoms with van der Waals surface area (Å²) in [7, 11) is 1.58. The normalized spacial score (nSPS) is 11.3. The third kappa shape index (κ3) is 6.49. The second-order valence-corrected chi connectivity index (χ2v) is 6.88. The Morgan fingerprint density at radius 2 is 1.92 bits per heavy atom. The van der Waals surface area contributed by atoms with Crippen molar-refractivity contribution in [3.05, 3.63) is 77.2 Å².